The quantitative estimate of drug-likeness (QED) is 0.639. The third-order valence-corrected chi connectivity index (χ3v) is 5.34. The summed E-state index contributed by atoms with van der Waals surface area (Å²) in [7, 11) is 0. The molecule has 1 saturated heterocycles. The molecular weight excluding hydrogens is 447 g/mol. The van der Waals surface area contributed by atoms with E-state index in [1.54, 1.807) is 55.5 Å². The molecular formula is C20H18Cl2N4O3S. The molecule has 0 aromatic heterocycles. The van der Waals surface area contributed by atoms with Gasteiger partial charge in [0.15, 0.2) is 5.11 Å². The first-order chi connectivity index (χ1) is 14.3. The van der Waals surface area contributed by atoms with Crippen molar-refractivity contribution in [1.29, 1.82) is 0 Å². The van der Waals surface area contributed by atoms with Gasteiger partial charge in [0.1, 0.15) is 6.04 Å². The van der Waals surface area contributed by atoms with Crippen LogP contribution in [0.15, 0.2) is 48.5 Å². The minimum absolute atomic E-state index is 0.130. The average molecular weight is 465 g/mol. The molecule has 10 heteroatoms. The maximum atomic E-state index is 12.8. The number of anilines is 1. The van der Waals surface area contributed by atoms with Crippen molar-refractivity contribution in [2.75, 3.05) is 11.9 Å². The molecule has 2 N–H and O–H groups in total. The lowest BCUT2D eigenvalue weighted by Gasteiger charge is -2.24. The van der Waals surface area contributed by atoms with Crippen LogP contribution < -0.4 is 10.7 Å². The Morgan fingerprint density at radius 1 is 1.10 bits per heavy atom. The molecule has 7 nitrogen and oxygen atoms in total. The van der Waals surface area contributed by atoms with Crippen molar-refractivity contribution in [2.24, 2.45) is 0 Å². The second kappa shape index (κ2) is 9.42. The molecule has 1 aliphatic heterocycles. The first-order valence-electron chi connectivity index (χ1n) is 9.06. The fraction of sp³-hybridized carbons (Fsp3) is 0.200. The van der Waals surface area contributed by atoms with Crippen LogP contribution in [0.25, 0.3) is 0 Å². The van der Waals surface area contributed by atoms with E-state index in [9.17, 15) is 14.4 Å². The predicted octanol–water partition coefficient (Wildman–Crippen LogP) is 3.48. The van der Waals surface area contributed by atoms with E-state index < -0.39 is 17.9 Å². The summed E-state index contributed by atoms with van der Waals surface area (Å²) in [5.74, 6) is -1.25. The van der Waals surface area contributed by atoms with Crippen molar-refractivity contribution in [3.05, 3.63) is 64.1 Å². The molecule has 30 heavy (non-hydrogen) atoms. The summed E-state index contributed by atoms with van der Waals surface area (Å²) >= 11 is 17.1. The van der Waals surface area contributed by atoms with Gasteiger partial charge in [0.2, 0.25) is 5.91 Å². The van der Waals surface area contributed by atoms with E-state index in [4.69, 9.17) is 35.4 Å². The number of halogens is 2. The van der Waals surface area contributed by atoms with Crippen molar-refractivity contribution < 1.29 is 14.4 Å². The lowest BCUT2D eigenvalue weighted by molar-refractivity contribution is -0.130. The number of rotatable bonds is 6. The van der Waals surface area contributed by atoms with Crippen molar-refractivity contribution in [2.45, 2.75) is 19.4 Å². The van der Waals surface area contributed by atoms with Crippen LogP contribution in [0.4, 0.5) is 5.69 Å². The van der Waals surface area contributed by atoms with E-state index >= 15 is 0 Å². The van der Waals surface area contributed by atoms with Crippen molar-refractivity contribution in [3.63, 3.8) is 0 Å². The van der Waals surface area contributed by atoms with Crippen LogP contribution in [0.3, 0.4) is 0 Å². The van der Waals surface area contributed by atoms with Crippen LogP contribution in [0, 0.1) is 0 Å². The van der Waals surface area contributed by atoms with E-state index in [2.05, 4.69) is 10.7 Å². The second-order valence-electron chi connectivity index (χ2n) is 6.46. The Labute approximate surface area is 188 Å². The zero-order valence-electron chi connectivity index (χ0n) is 15.9. The van der Waals surface area contributed by atoms with Gasteiger partial charge in [0.05, 0.1) is 6.42 Å². The molecule has 0 radical (unpaired) electrons. The first-order valence-corrected chi connectivity index (χ1v) is 10.2. The Bertz CT molecular complexity index is 1000. The Balaban J connectivity index is 1.76. The third-order valence-electron chi connectivity index (χ3n) is 4.43. The third kappa shape index (κ3) is 4.89. The number of hydrazine groups is 1. The number of thiocarbonyl (C=S) groups is 1. The number of likely N-dealkylation sites (N-methyl/N-ethyl adjacent to an activating group) is 1. The highest BCUT2D eigenvalue weighted by Crippen LogP contribution is 2.21. The summed E-state index contributed by atoms with van der Waals surface area (Å²) in [5, 5.41) is 5.05. The average Bonchev–Trinajstić information content (AvgIpc) is 2.91. The number of hydrogen-bond acceptors (Lipinski definition) is 4. The van der Waals surface area contributed by atoms with Gasteiger partial charge in [-0.3, -0.25) is 24.7 Å². The van der Waals surface area contributed by atoms with Crippen molar-refractivity contribution in [3.8, 4) is 0 Å². The van der Waals surface area contributed by atoms with Gasteiger partial charge in [0, 0.05) is 27.8 Å². The predicted molar refractivity (Wildman–Crippen MR) is 119 cm³/mol. The fourth-order valence-corrected chi connectivity index (χ4v) is 3.68. The highest BCUT2D eigenvalue weighted by atomic mass is 35.5. The number of nitrogens with one attached hydrogen (secondary N) is 2. The summed E-state index contributed by atoms with van der Waals surface area (Å²) in [6.07, 6.45) is -0.205. The second-order valence-corrected chi connectivity index (χ2v) is 7.70. The van der Waals surface area contributed by atoms with Gasteiger partial charge in [-0.1, -0.05) is 29.3 Å². The number of hydrogen-bond donors (Lipinski definition) is 2. The molecule has 2 aromatic rings. The van der Waals surface area contributed by atoms with Crippen LogP contribution >= 0.6 is 35.4 Å². The van der Waals surface area contributed by atoms with Crippen LogP contribution in [0.5, 0.6) is 0 Å². The van der Waals surface area contributed by atoms with Crippen molar-refractivity contribution in [1.82, 2.24) is 15.3 Å². The SMILES string of the molecule is CCN1C(=O)C(CC(=O)Nc2cccc(Cl)c2)N(NC(=O)c2ccc(Cl)cc2)C1=S. The molecule has 1 aliphatic rings. The summed E-state index contributed by atoms with van der Waals surface area (Å²) in [5.41, 5.74) is 3.48. The van der Waals surface area contributed by atoms with Crippen LogP contribution in [0.2, 0.25) is 10.0 Å². The number of benzene rings is 2. The lowest BCUT2D eigenvalue weighted by Crippen LogP contribution is -2.49. The van der Waals surface area contributed by atoms with Gasteiger partial charge in [0.25, 0.3) is 11.8 Å². The Hall–Kier alpha value is -2.68. The van der Waals surface area contributed by atoms with E-state index in [0.717, 1.165) is 0 Å². The number of carbonyl (C=O) groups is 3. The fourth-order valence-electron chi connectivity index (χ4n) is 2.97. The molecule has 3 rings (SSSR count). The number of nitrogens with zero attached hydrogens (tertiary/aromatic N) is 2. The van der Waals surface area contributed by atoms with Gasteiger partial charge in [-0.25, -0.2) is 5.01 Å². The number of carbonyl (C=O) groups excluding carboxylic acids is 3. The Morgan fingerprint density at radius 2 is 1.80 bits per heavy atom. The topological polar surface area (TPSA) is 81.8 Å². The standard InChI is InChI=1S/C20H18Cl2N4O3S/c1-2-25-19(29)16(11-17(27)23-15-5-3-4-14(22)10-15)26(20(25)30)24-18(28)12-6-8-13(21)9-7-12/h3-10,16H,2,11H2,1H3,(H,23,27)(H,24,28). The van der Waals surface area contributed by atoms with E-state index in [1.165, 1.54) is 9.91 Å². The normalized spacial score (nSPS) is 16.0. The maximum absolute atomic E-state index is 12.8. The van der Waals surface area contributed by atoms with E-state index in [-0.39, 0.29) is 17.4 Å². The van der Waals surface area contributed by atoms with Crippen molar-refractivity contribution >= 4 is 63.9 Å². The molecule has 3 amide bonds. The van der Waals surface area contributed by atoms with Crippen LogP contribution in [-0.4, -0.2) is 45.3 Å². The van der Waals surface area contributed by atoms with E-state index in [0.29, 0.717) is 27.8 Å². The monoisotopic (exact) mass is 464 g/mol. The lowest BCUT2D eigenvalue weighted by atomic mass is 10.1. The zero-order valence-corrected chi connectivity index (χ0v) is 18.2. The molecule has 1 heterocycles. The smallest absolute Gasteiger partial charge is 0.269 e. The molecule has 2 aromatic carbocycles. The van der Waals surface area contributed by atoms with Crippen LogP contribution in [0.1, 0.15) is 23.7 Å². The minimum atomic E-state index is -0.965. The maximum Gasteiger partial charge on any atom is 0.269 e. The van der Waals surface area contributed by atoms with Gasteiger partial charge < -0.3 is 5.32 Å². The molecule has 1 unspecified atom stereocenters. The summed E-state index contributed by atoms with van der Waals surface area (Å²) in [6, 6.07) is 12.0. The zero-order chi connectivity index (χ0) is 21.8. The minimum Gasteiger partial charge on any atom is -0.326 e. The highest BCUT2D eigenvalue weighted by Gasteiger charge is 2.43. The van der Waals surface area contributed by atoms with E-state index in [1.807, 2.05) is 0 Å². The van der Waals surface area contributed by atoms with Gasteiger partial charge >= 0.3 is 0 Å². The molecule has 156 valence electrons. The first kappa shape index (κ1) is 22.0. The van der Waals surface area contributed by atoms with Crippen LogP contribution in [-0.2, 0) is 9.59 Å². The van der Waals surface area contributed by atoms with Gasteiger partial charge in [-0.05, 0) is 61.6 Å². The Kier molecular flexibility index (Phi) is 6.91. The molecule has 1 atom stereocenters. The molecule has 0 saturated carbocycles. The molecule has 0 aliphatic carbocycles. The molecule has 1 fully saturated rings. The molecule has 0 spiro atoms. The summed E-state index contributed by atoms with van der Waals surface area (Å²) in [4.78, 5) is 39.3. The summed E-state index contributed by atoms with van der Waals surface area (Å²) < 4.78 is 0. The van der Waals surface area contributed by atoms with Gasteiger partial charge in [-0.15, -0.1) is 0 Å². The highest BCUT2D eigenvalue weighted by molar-refractivity contribution is 7.80. The number of amides is 3. The summed E-state index contributed by atoms with van der Waals surface area (Å²) in [6.45, 7) is 2.08. The largest absolute Gasteiger partial charge is 0.326 e. The molecule has 0 bridgehead atoms. The van der Waals surface area contributed by atoms with Gasteiger partial charge in [-0.2, -0.15) is 0 Å². The Morgan fingerprint density at radius 3 is 2.43 bits per heavy atom.